The molecule has 11 heteroatoms. The lowest BCUT2D eigenvalue weighted by Gasteiger charge is -2.28. The Balaban J connectivity index is 3.25. The zero-order chi connectivity index (χ0) is 12.3. The SMILES string of the molecule is FC(F)(F)N1C(F)(F)NC(F)(F)C1(F)F. The molecule has 1 N–H and O–H groups in total. The molecule has 1 fully saturated rings. The second kappa shape index (κ2) is 2.70. The molecule has 0 aromatic heterocycles. The zero-order valence-corrected chi connectivity index (χ0v) is 6.35. The van der Waals surface area contributed by atoms with Crippen molar-refractivity contribution in [3.05, 3.63) is 0 Å². The average Bonchev–Trinajstić information content (AvgIpc) is 1.87. The van der Waals surface area contributed by atoms with Crippen LogP contribution < -0.4 is 5.32 Å². The first-order chi connectivity index (χ1) is 6.32. The van der Waals surface area contributed by atoms with Crippen LogP contribution in [0.25, 0.3) is 0 Å². The van der Waals surface area contributed by atoms with Crippen molar-refractivity contribution in [1.29, 1.82) is 0 Å². The van der Waals surface area contributed by atoms with Gasteiger partial charge in [0.2, 0.25) is 0 Å². The summed E-state index contributed by atoms with van der Waals surface area (Å²) in [5.74, 6) is 0. The molecule has 1 saturated heterocycles. The molecule has 1 aliphatic heterocycles. The van der Waals surface area contributed by atoms with Crippen molar-refractivity contribution >= 4 is 0 Å². The fraction of sp³-hybridized carbons (Fsp3) is 1.00. The Hall–Kier alpha value is -0.710. The lowest BCUT2D eigenvalue weighted by atomic mass is 10.4. The van der Waals surface area contributed by atoms with Gasteiger partial charge in [0.1, 0.15) is 0 Å². The van der Waals surface area contributed by atoms with Gasteiger partial charge in [0.25, 0.3) is 0 Å². The summed E-state index contributed by atoms with van der Waals surface area (Å²) in [5.41, 5.74) is 0. The quantitative estimate of drug-likeness (QED) is 0.522. The van der Waals surface area contributed by atoms with E-state index in [1.54, 1.807) is 0 Å². The van der Waals surface area contributed by atoms with Crippen molar-refractivity contribution in [3.63, 3.8) is 0 Å². The van der Waals surface area contributed by atoms with E-state index in [4.69, 9.17) is 0 Å². The first kappa shape index (κ1) is 12.4. The number of nitrogens with one attached hydrogen (secondary N) is 1. The first-order valence-electron chi connectivity index (χ1n) is 3.12. The Kier molecular flexibility index (Phi) is 2.22. The molecule has 15 heavy (non-hydrogen) atoms. The Morgan fingerprint density at radius 1 is 0.867 bits per heavy atom. The van der Waals surface area contributed by atoms with E-state index >= 15 is 0 Å². The first-order valence-corrected chi connectivity index (χ1v) is 3.12. The monoisotopic (exact) mass is 248 g/mol. The van der Waals surface area contributed by atoms with E-state index in [2.05, 4.69) is 0 Å². The highest BCUT2D eigenvalue weighted by atomic mass is 19.4. The van der Waals surface area contributed by atoms with Gasteiger partial charge in [-0.1, -0.05) is 4.90 Å². The van der Waals surface area contributed by atoms with Crippen molar-refractivity contribution in [2.75, 3.05) is 0 Å². The summed E-state index contributed by atoms with van der Waals surface area (Å²) in [6.45, 7) is 0. The van der Waals surface area contributed by atoms with Crippen LogP contribution in [0, 0.1) is 0 Å². The van der Waals surface area contributed by atoms with E-state index in [9.17, 15) is 39.5 Å². The lowest BCUT2D eigenvalue weighted by Crippen LogP contribution is -2.56. The molecule has 0 unspecified atom stereocenters. The van der Waals surface area contributed by atoms with Crippen molar-refractivity contribution in [2.45, 2.75) is 24.6 Å². The summed E-state index contributed by atoms with van der Waals surface area (Å²) in [4.78, 5) is -2.83. The molecule has 1 rings (SSSR count). The molecular formula is C4HF9N2. The van der Waals surface area contributed by atoms with Crippen LogP contribution in [0.3, 0.4) is 0 Å². The van der Waals surface area contributed by atoms with E-state index < -0.39 is 34.8 Å². The van der Waals surface area contributed by atoms with Crippen LogP contribution in [0.2, 0.25) is 0 Å². The van der Waals surface area contributed by atoms with Gasteiger partial charge in [0.15, 0.2) is 0 Å². The Labute approximate surface area is 75.6 Å². The van der Waals surface area contributed by atoms with Crippen LogP contribution in [0.5, 0.6) is 0 Å². The van der Waals surface area contributed by atoms with Crippen LogP contribution >= 0.6 is 0 Å². The van der Waals surface area contributed by atoms with Crippen molar-refractivity contribution in [1.82, 2.24) is 10.2 Å². The highest BCUT2D eigenvalue weighted by molar-refractivity contribution is 4.96. The summed E-state index contributed by atoms with van der Waals surface area (Å²) < 4.78 is 108. The predicted molar refractivity (Wildman–Crippen MR) is 25.9 cm³/mol. The zero-order valence-electron chi connectivity index (χ0n) is 6.35. The molecule has 90 valence electrons. The van der Waals surface area contributed by atoms with Gasteiger partial charge < -0.3 is 0 Å². The number of halogens is 9. The number of nitrogens with zero attached hydrogens (tertiary/aromatic N) is 1. The van der Waals surface area contributed by atoms with Crippen molar-refractivity contribution in [2.24, 2.45) is 0 Å². The van der Waals surface area contributed by atoms with E-state index in [1.807, 2.05) is 0 Å². The third-order valence-electron chi connectivity index (χ3n) is 1.50. The molecule has 0 atom stereocenters. The van der Waals surface area contributed by atoms with Gasteiger partial charge in [0.05, 0.1) is 0 Å². The second-order valence-electron chi connectivity index (χ2n) is 2.59. The van der Waals surface area contributed by atoms with Crippen molar-refractivity contribution < 1.29 is 39.5 Å². The molecule has 0 saturated carbocycles. The third kappa shape index (κ3) is 1.62. The largest absolute Gasteiger partial charge is 0.470 e. The Bertz CT molecular complexity index is 268. The van der Waals surface area contributed by atoms with E-state index in [0.717, 1.165) is 0 Å². The number of rotatable bonds is 0. The van der Waals surface area contributed by atoms with Gasteiger partial charge in [-0.05, 0) is 0 Å². The summed E-state index contributed by atoms with van der Waals surface area (Å²) in [7, 11) is 0. The van der Waals surface area contributed by atoms with Gasteiger partial charge in [0, 0.05) is 0 Å². The topological polar surface area (TPSA) is 15.3 Å². The molecule has 0 bridgehead atoms. The molecule has 1 heterocycles. The Morgan fingerprint density at radius 2 is 1.27 bits per heavy atom. The fourth-order valence-electron chi connectivity index (χ4n) is 0.955. The van der Waals surface area contributed by atoms with Gasteiger partial charge in [-0.2, -0.15) is 44.8 Å². The molecule has 0 spiro atoms. The second-order valence-corrected chi connectivity index (χ2v) is 2.59. The van der Waals surface area contributed by atoms with Gasteiger partial charge in [-0.25, -0.2) is 0 Å². The molecule has 0 amide bonds. The number of hydrogen-bond acceptors (Lipinski definition) is 2. The minimum Gasteiger partial charge on any atom is -0.180 e. The Morgan fingerprint density at radius 3 is 1.40 bits per heavy atom. The third-order valence-corrected chi connectivity index (χ3v) is 1.50. The van der Waals surface area contributed by atoms with Gasteiger partial charge in [-0.15, -0.1) is 0 Å². The molecule has 0 aromatic rings. The van der Waals surface area contributed by atoms with Crippen LogP contribution in [-0.2, 0) is 0 Å². The van der Waals surface area contributed by atoms with E-state index in [-0.39, 0.29) is 0 Å². The summed E-state index contributed by atoms with van der Waals surface area (Å²) in [5, 5.41) is -0.394. The molecule has 0 aromatic carbocycles. The molecule has 1 aliphatic rings. The normalized spacial score (nSPS) is 29.4. The van der Waals surface area contributed by atoms with Crippen LogP contribution in [-0.4, -0.2) is 29.5 Å². The van der Waals surface area contributed by atoms with Gasteiger partial charge >= 0.3 is 24.6 Å². The fourth-order valence-corrected chi connectivity index (χ4v) is 0.955. The number of hydrogen-bond donors (Lipinski definition) is 1. The lowest BCUT2D eigenvalue weighted by molar-refractivity contribution is -0.398. The minimum absolute atomic E-state index is 0.394. The summed E-state index contributed by atoms with van der Waals surface area (Å²) in [6.07, 6.45) is -11.9. The van der Waals surface area contributed by atoms with Crippen molar-refractivity contribution in [3.8, 4) is 0 Å². The molecule has 0 aliphatic carbocycles. The van der Waals surface area contributed by atoms with Crippen LogP contribution in [0.4, 0.5) is 39.5 Å². The summed E-state index contributed by atoms with van der Waals surface area (Å²) >= 11 is 0. The van der Waals surface area contributed by atoms with Gasteiger partial charge in [-0.3, -0.25) is 0 Å². The smallest absolute Gasteiger partial charge is 0.180 e. The predicted octanol–water partition coefficient (Wildman–Crippen LogP) is 2.15. The summed E-state index contributed by atoms with van der Waals surface area (Å²) in [6, 6.07) is -11.7. The minimum atomic E-state index is -6.31. The molecule has 0 radical (unpaired) electrons. The maximum Gasteiger partial charge on any atom is 0.470 e. The maximum absolute atomic E-state index is 12.3. The average molecular weight is 248 g/mol. The highest BCUT2D eigenvalue weighted by Gasteiger charge is 2.82. The standard InChI is InChI=1S/C4HF9N2/c5-1(6)2(7,8)15(3(9,10)11)4(12,13)14-1/h14H. The van der Waals surface area contributed by atoms with E-state index in [0.29, 0.717) is 0 Å². The molecule has 2 nitrogen and oxygen atoms in total. The van der Waals surface area contributed by atoms with E-state index in [1.165, 1.54) is 0 Å². The number of alkyl halides is 9. The maximum atomic E-state index is 12.3. The van der Waals surface area contributed by atoms with Crippen LogP contribution in [0.1, 0.15) is 0 Å². The highest BCUT2D eigenvalue weighted by Crippen LogP contribution is 2.51. The molecular weight excluding hydrogens is 247 g/mol. The van der Waals surface area contributed by atoms with Crippen LogP contribution in [0.15, 0.2) is 0 Å².